The highest BCUT2D eigenvalue weighted by Crippen LogP contribution is 2.26. The van der Waals surface area contributed by atoms with Crippen LogP contribution in [0.15, 0.2) is 29.6 Å². The molecule has 0 aliphatic rings. The van der Waals surface area contributed by atoms with Crippen LogP contribution in [0.5, 0.6) is 5.75 Å². The maximum absolute atomic E-state index is 12.1. The van der Waals surface area contributed by atoms with Crippen molar-refractivity contribution in [2.75, 3.05) is 12.4 Å². The molecular weight excluding hydrogens is 260 g/mol. The second-order valence-electron chi connectivity index (χ2n) is 3.91. The predicted octanol–water partition coefficient (Wildman–Crippen LogP) is 3.19. The van der Waals surface area contributed by atoms with Crippen LogP contribution in [0.3, 0.4) is 0 Å². The minimum absolute atomic E-state index is 0.231. The van der Waals surface area contributed by atoms with Gasteiger partial charge in [-0.25, -0.2) is 0 Å². The number of nitrogens with one attached hydrogen (secondary N) is 1. The SMILES string of the molecule is COc1ccsc1C(=O)Nc1cc(C#N)ccc1C. The topological polar surface area (TPSA) is 62.1 Å². The van der Waals surface area contributed by atoms with Crippen molar-refractivity contribution < 1.29 is 9.53 Å². The quantitative estimate of drug-likeness (QED) is 0.933. The molecule has 96 valence electrons. The van der Waals surface area contributed by atoms with Crippen LogP contribution in [-0.4, -0.2) is 13.0 Å². The fourth-order valence-electron chi connectivity index (χ4n) is 1.63. The number of amides is 1. The Balaban J connectivity index is 2.27. The number of rotatable bonds is 3. The normalized spacial score (nSPS) is 9.74. The zero-order chi connectivity index (χ0) is 13.8. The van der Waals surface area contributed by atoms with Gasteiger partial charge < -0.3 is 10.1 Å². The highest BCUT2D eigenvalue weighted by molar-refractivity contribution is 7.12. The van der Waals surface area contributed by atoms with Crippen molar-refractivity contribution >= 4 is 22.9 Å². The van der Waals surface area contributed by atoms with E-state index in [0.29, 0.717) is 21.9 Å². The van der Waals surface area contributed by atoms with E-state index in [1.807, 2.05) is 6.92 Å². The van der Waals surface area contributed by atoms with Crippen molar-refractivity contribution in [2.45, 2.75) is 6.92 Å². The van der Waals surface area contributed by atoms with Crippen LogP contribution in [0, 0.1) is 18.3 Å². The molecule has 0 unspecified atom stereocenters. The molecule has 2 rings (SSSR count). The lowest BCUT2D eigenvalue weighted by Crippen LogP contribution is -2.12. The molecule has 0 saturated carbocycles. The molecule has 4 nitrogen and oxygen atoms in total. The molecule has 2 aromatic rings. The lowest BCUT2D eigenvalue weighted by molar-refractivity contribution is 0.102. The van der Waals surface area contributed by atoms with Gasteiger partial charge in [-0.15, -0.1) is 11.3 Å². The number of carbonyl (C=O) groups is 1. The Bertz CT molecular complexity index is 656. The summed E-state index contributed by atoms with van der Waals surface area (Å²) in [6.45, 7) is 1.88. The van der Waals surface area contributed by atoms with Crippen molar-refractivity contribution in [3.05, 3.63) is 45.6 Å². The van der Waals surface area contributed by atoms with Gasteiger partial charge in [0.2, 0.25) is 0 Å². The Hall–Kier alpha value is -2.32. The zero-order valence-electron chi connectivity index (χ0n) is 10.6. The molecule has 0 bridgehead atoms. The minimum Gasteiger partial charge on any atom is -0.495 e. The molecule has 0 saturated heterocycles. The van der Waals surface area contributed by atoms with E-state index in [4.69, 9.17) is 10.00 Å². The number of hydrogen-bond acceptors (Lipinski definition) is 4. The third-order valence-corrected chi connectivity index (χ3v) is 3.56. The minimum atomic E-state index is -0.231. The van der Waals surface area contributed by atoms with E-state index in [1.54, 1.807) is 29.6 Å². The number of nitriles is 1. The number of benzene rings is 1. The van der Waals surface area contributed by atoms with Crippen LogP contribution < -0.4 is 10.1 Å². The summed E-state index contributed by atoms with van der Waals surface area (Å²) in [5.41, 5.74) is 2.06. The number of ether oxygens (including phenoxy) is 1. The summed E-state index contributed by atoms with van der Waals surface area (Å²) in [7, 11) is 1.53. The second kappa shape index (κ2) is 5.55. The summed E-state index contributed by atoms with van der Waals surface area (Å²) in [6.07, 6.45) is 0. The van der Waals surface area contributed by atoms with Gasteiger partial charge in [0.25, 0.3) is 5.91 Å². The zero-order valence-corrected chi connectivity index (χ0v) is 11.4. The second-order valence-corrected chi connectivity index (χ2v) is 4.83. The Morgan fingerprint density at radius 1 is 1.42 bits per heavy atom. The maximum Gasteiger partial charge on any atom is 0.269 e. The smallest absolute Gasteiger partial charge is 0.269 e. The first kappa shape index (κ1) is 13.1. The summed E-state index contributed by atoms with van der Waals surface area (Å²) in [6, 6.07) is 8.98. The summed E-state index contributed by atoms with van der Waals surface area (Å²) in [5.74, 6) is 0.321. The number of aryl methyl sites for hydroxylation is 1. The lowest BCUT2D eigenvalue weighted by atomic mass is 10.1. The molecule has 1 N–H and O–H groups in total. The molecule has 5 heteroatoms. The number of hydrogen-bond donors (Lipinski definition) is 1. The average Bonchev–Trinajstić information content (AvgIpc) is 2.89. The van der Waals surface area contributed by atoms with E-state index in [-0.39, 0.29) is 5.91 Å². The molecule has 0 radical (unpaired) electrons. The van der Waals surface area contributed by atoms with Gasteiger partial charge in [0, 0.05) is 5.69 Å². The largest absolute Gasteiger partial charge is 0.495 e. The van der Waals surface area contributed by atoms with Crippen molar-refractivity contribution in [1.29, 1.82) is 5.26 Å². The summed E-state index contributed by atoms with van der Waals surface area (Å²) in [4.78, 5) is 12.7. The van der Waals surface area contributed by atoms with E-state index < -0.39 is 0 Å². The van der Waals surface area contributed by atoms with E-state index >= 15 is 0 Å². The van der Waals surface area contributed by atoms with Crippen molar-refractivity contribution in [2.24, 2.45) is 0 Å². The number of methoxy groups -OCH3 is 1. The third-order valence-electron chi connectivity index (χ3n) is 2.67. The number of carbonyl (C=O) groups excluding carboxylic acids is 1. The van der Waals surface area contributed by atoms with Crippen molar-refractivity contribution in [3.8, 4) is 11.8 Å². The van der Waals surface area contributed by atoms with Gasteiger partial charge in [0.1, 0.15) is 10.6 Å². The van der Waals surface area contributed by atoms with Gasteiger partial charge >= 0.3 is 0 Å². The highest BCUT2D eigenvalue weighted by Gasteiger charge is 2.14. The molecule has 1 amide bonds. The molecule has 1 aromatic carbocycles. The van der Waals surface area contributed by atoms with Gasteiger partial charge in [0.15, 0.2) is 0 Å². The number of anilines is 1. The predicted molar refractivity (Wildman–Crippen MR) is 74.7 cm³/mol. The molecule has 0 atom stereocenters. The molecule has 19 heavy (non-hydrogen) atoms. The highest BCUT2D eigenvalue weighted by atomic mass is 32.1. The summed E-state index contributed by atoms with van der Waals surface area (Å²) >= 11 is 1.32. The standard InChI is InChI=1S/C14H12N2O2S/c1-9-3-4-10(8-15)7-11(9)16-14(17)13-12(18-2)5-6-19-13/h3-7H,1-2H3,(H,16,17). The summed E-state index contributed by atoms with van der Waals surface area (Å²) in [5, 5.41) is 13.5. The number of thiophene rings is 1. The Morgan fingerprint density at radius 3 is 2.89 bits per heavy atom. The molecular formula is C14H12N2O2S. The average molecular weight is 272 g/mol. The first-order chi connectivity index (χ1) is 9.15. The van der Waals surface area contributed by atoms with Crippen LogP contribution in [0.25, 0.3) is 0 Å². The van der Waals surface area contributed by atoms with Gasteiger partial charge in [0.05, 0.1) is 18.7 Å². The van der Waals surface area contributed by atoms with Crippen LogP contribution in [0.4, 0.5) is 5.69 Å². The lowest BCUT2D eigenvalue weighted by Gasteiger charge is -2.08. The van der Waals surface area contributed by atoms with E-state index in [0.717, 1.165) is 5.56 Å². The van der Waals surface area contributed by atoms with Crippen LogP contribution >= 0.6 is 11.3 Å². The molecule has 0 aliphatic heterocycles. The summed E-state index contributed by atoms with van der Waals surface area (Å²) < 4.78 is 5.12. The van der Waals surface area contributed by atoms with Gasteiger partial charge in [-0.3, -0.25) is 4.79 Å². The van der Waals surface area contributed by atoms with Gasteiger partial charge in [-0.1, -0.05) is 6.07 Å². The maximum atomic E-state index is 12.1. The molecule has 0 fully saturated rings. The van der Waals surface area contributed by atoms with E-state index in [9.17, 15) is 4.79 Å². The van der Waals surface area contributed by atoms with E-state index in [2.05, 4.69) is 11.4 Å². The Kier molecular flexibility index (Phi) is 3.83. The fourth-order valence-corrected chi connectivity index (χ4v) is 2.38. The monoisotopic (exact) mass is 272 g/mol. The third kappa shape index (κ3) is 2.75. The van der Waals surface area contributed by atoms with Gasteiger partial charge in [-0.05, 0) is 36.1 Å². The molecule has 1 heterocycles. The Morgan fingerprint density at radius 2 is 2.21 bits per heavy atom. The first-order valence-corrected chi connectivity index (χ1v) is 6.47. The van der Waals surface area contributed by atoms with Crippen molar-refractivity contribution in [1.82, 2.24) is 0 Å². The number of nitrogens with zero attached hydrogens (tertiary/aromatic N) is 1. The molecule has 0 spiro atoms. The van der Waals surface area contributed by atoms with Crippen molar-refractivity contribution in [3.63, 3.8) is 0 Å². The fraction of sp³-hybridized carbons (Fsp3) is 0.143. The first-order valence-electron chi connectivity index (χ1n) is 5.59. The van der Waals surface area contributed by atoms with Crippen LogP contribution in [0.2, 0.25) is 0 Å². The van der Waals surface area contributed by atoms with Gasteiger partial charge in [-0.2, -0.15) is 5.26 Å². The molecule has 0 aliphatic carbocycles. The van der Waals surface area contributed by atoms with Crippen LogP contribution in [0.1, 0.15) is 20.8 Å². The Labute approximate surface area is 115 Å². The van der Waals surface area contributed by atoms with Crippen LogP contribution in [-0.2, 0) is 0 Å². The van der Waals surface area contributed by atoms with E-state index in [1.165, 1.54) is 18.4 Å². The molecule has 1 aromatic heterocycles.